The van der Waals surface area contributed by atoms with Crippen LogP contribution in [0.4, 0.5) is 0 Å². The number of hydrogen-bond acceptors (Lipinski definition) is 5. The van der Waals surface area contributed by atoms with Gasteiger partial charge in [0.2, 0.25) is 17.7 Å². The molecule has 3 amide bonds. The van der Waals surface area contributed by atoms with Crippen molar-refractivity contribution in [3.8, 4) is 0 Å². The van der Waals surface area contributed by atoms with Crippen LogP contribution >= 0.6 is 0 Å². The van der Waals surface area contributed by atoms with Crippen LogP contribution in [0.5, 0.6) is 0 Å². The molecule has 182 valence electrons. The van der Waals surface area contributed by atoms with Gasteiger partial charge in [-0.1, -0.05) is 41.0 Å². The van der Waals surface area contributed by atoms with Crippen LogP contribution in [-0.2, 0) is 19.1 Å². The molecule has 0 aromatic heterocycles. The number of likely N-dealkylation sites (tertiary alicyclic amines) is 1. The van der Waals surface area contributed by atoms with Crippen LogP contribution in [0.1, 0.15) is 67.2 Å². The Hall–Kier alpha value is -1.67. The highest BCUT2D eigenvalue weighted by atomic mass is 16.5. The van der Waals surface area contributed by atoms with Crippen molar-refractivity contribution >= 4 is 17.7 Å². The summed E-state index contributed by atoms with van der Waals surface area (Å²) < 4.78 is 6.65. The molecule has 0 aromatic rings. The second-order valence-corrected chi connectivity index (χ2v) is 10.4. The molecule has 3 fully saturated rings. The number of unbranched alkanes of at least 4 members (excludes halogenated alkanes) is 1. The molecule has 3 rings (SSSR count). The van der Waals surface area contributed by atoms with Crippen LogP contribution in [0.3, 0.4) is 0 Å². The van der Waals surface area contributed by atoms with Crippen molar-refractivity contribution < 1.29 is 24.2 Å². The van der Waals surface area contributed by atoms with Gasteiger partial charge in [-0.3, -0.25) is 14.4 Å². The van der Waals surface area contributed by atoms with E-state index in [1.165, 1.54) is 0 Å². The van der Waals surface area contributed by atoms with E-state index in [4.69, 9.17) is 4.74 Å². The lowest BCUT2D eigenvalue weighted by Crippen LogP contribution is -2.59. The number of rotatable bonds is 10. The van der Waals surface area contributed by atoms with Crippen LogP contribution in [0, 0.1) is 23.7 Å². The van der Waals surface area contributed by atoms with Gasteiger partial charge in [0.15, 0.2) is 0 Å². The number of nitrogens with zero attached hydrogens (tertiary/aromatic N) is 1. The number of carbonyl (C=O) groups excluding carboxylic acids is 3. The molecule has 32 heavy (non-hydrogen) atoms. The standard InChI is InChI=1S/C24H41N3O5/c1-7-9-11-26-21(30)19-24-12-15(5)23(6,32-24)17(20(29)25-10-8-2)18(24)22(31)27(19)16(13-28)14(3)4/h14-19,28H,7-13H2,1-6H3,(H,25,29)(H,26,30)/t15?,16-,17+,18-,19?,23-,24?/m0/s1. The number of carbonyl (C=O) groups is 3. The molecule has 2 bridgehead atoms. The zero-order chi connectivity index (χ0) is 23.8. The normalized spacial score (nSPS) is 36.5. The SMILES string of the molecule is CCCCNC(=O)C1N([C@@H](CO)C(C)C)C(=O)[C@@H]2[C@H](C(=O)NCCC)[C@@]3(C)OC12CC3C. The zero-order valence-corrected chi connectivity index (χ0v) is 20.4. The summed E-state index contributed by atoms with van der Waals surface area (Å²) in [5, 5.41) is 16.1. The van der Waals surface area contributed by atoms with Crippen LogP contribution in [0.15, 0.2) is 0 Å². The van der Waals surface area contributed by atoms with E-state index in [1.807, 2.05) is 34.6 Å². The van der Waals surface area contributed by atoms with Gasteiger partial charge in [0, 0.05) is 13.1 Å². The van der Waals surface area contributed by atoms with Gasteiger partial charge >= 0.3 is 0 Å². The summed E-state index contributed by atoms with van der Waals surface area (Å²) in [5.74, 6) is -2.11. The number of aliphatic hydroxyl groups excluding tert-OH is 1. The maximum absolute atomic E-state index is 13.9. The van der Waals surface area contributed by atoms with Crippen molar-refractivity contribution in [1.29, 1.82) is 0 Å². The highest BCUT2D eigenvalue weighted by Gasteiger charge is 2.80. The molecule has 3 aliphatic rings. The zero-order valence-electron chi connectivity index (χ0n) is 20.4. The summed E-state index contributed by atoms with van der Waals surface area (Å²) in [6.07, 6.45) is 3.12. The smallest absolute Gasteiger partial charge is 0.245 e. The average molecular weight is 452 g/mol. The number of hydrogen-bond donors (Lipinski definition) is 3. The number of aliphatic hydroxyl groups is 1. The second kappa shape index (κ2) is 9.29. The number of ether oxygens (including phenoxy) is 1. The highest BCUT2D eigenvalue weighted by molar-refractivity contribution is 5.99. The van der Waals surface area contributed by atoms with Crippen molar-refractivity contribution in [2.75, 3.05) is 19.7 Å². The van der Waals surface area contributed by atoms with Crippen LogP contribution in [0.25, 0.3) is 0 Å². The Morgan fingerprint density at radius 2 is 1.84 bits per heavy atom. The predicted octanol–water partition coefficient (Wildman–Crippen LogP) is 1.46. The summed E-state index contributed by atoms with van der Waals surface area (Å²) in [6.45, 7) is 12.7. The minimum absolute atomic E-state index is 0.0152. The Morgan fingerprint density at radius 1 is 1.19 bits per heavy atom. The first-order chi connectivity index (χ1) is 15.1. The van der Waals surface area contributed by atoms with Crippen molar-refractivity contribution in [2.45, 2.75) is 90.5 Å². The average Bonchev–Trinajstić information content (AvgIpc) is 3.24. The van der Waals surface area contributed by atoms with Gasteiger partial charge in [-0.2, -0.15) is 0 Å². The van der Waals surface area contributed by atoms with Crippen LogP contribution < -0.4 is 10.6 Å². The molecule has 3 saturated heterocycles. The van der Waals surface area contributed by atoms with Crippen LogP contribution in [-0.4, -0.2) is 70.7 Å². The summed E-state index contributed by atoms with van der Waals surface area (Å²) in [5.41, 5.74) is -1.86. The minimum Gasteiger partial charge on any atom is -0.394 e. The first-order valence-corrected chi connectivity index (χ1v) is 12.3. The first kappa shape index (κ1) is 25.0. The van der Waals surface area contributed by atoms with Crippen LogP contribution in [0.2, 0.25) is 0 Å². The molecule has 0 saturated carbocycles. The Kier molecular flexibility index (Phi) is 7.25. The fourth-order valence-corrected chi connectivity index (χ4v) is 6.20. The van der Waals surface area contributed by atoms with Gasteiger partial charge < -0.3 is 25.4 Å². The van der Waals surface area contributed by atoms with E-state index in [1.54, 1.807) is 4.90 Å². The fourth-order valence-electron chi connectivity index (χ4n) is 6.20. The Labute approximate surface area is 191 Å². The largest absolute Gasteiger partial charge is 0.394 e. The van der Waals surface area contributed by atoms with Gasteiger partial charge in [0.1, 0.15) is 11.6 Å². The molecular formula is C24H41N3O5. The van der Waals surface area contributed by atoms with Crippen molar-refractivity contribution in [3.05, 3.63) is 0 Å². The van der Waals surface area contributed by atoms with E-state index in [9.17, 15) is 19.5 Å². The molecule has 3 heterocycles. The van der Waals surface area contributed by atoms with Crippen molar-refractivity contribution in [3.63, 3.8) is 0 Å². The number of fused-ring (bicyclic) bond motifs is 1. The molecular weight excluding hydrogens is 410 g/mol. The van der Waals surface area contributed by atoms with E-state index in [0.717, 1.165) is 19.3 Å². The van der Waals surface area contributed by atoms with Gasteiger partial charge in [0.05, 0.1) is 30.1 Å². The lowest BCUT2D eigenvalue weighted by atomic mass is 9.62. The predicted molar refractivity (Wildman–Crippen MR) is 121 cm³/mol. The molecule has 8 nitrogen and oxygen atoms in total. The van der Waals surface area contributed by atoms with Gasteiger partial charge in [0.25, 0.3) is 0 Å². The quantitative estimate of drug-likeness (QED) is 0.436. The maximum atomic E-state index is 13.9. The maximum Gasteiger partial charge on any atom is 0.245 e. The third-order valence-corrected chi connectivity index (χ3v) is 7.98. The highest BCUT2D eigenvalue weighted by Crippen LogP contribution is 2.65. The Bertz CT molecular complexity index is 743. The molecule has 7 atom stereocenters. The van der Waals surface area contributed by atoms with Gasteiger partial charge in [-0.15, -0.1) is 0 Å². The molecule has 0 aromatic carbocycles. The Morgan fingerprint density at radius 3 is 2.41 bits per heavy atom. The topological polar surface area (TPSA) is 108 Å². The first-order valence-electron chi connectivity index (χ1n) is 12.3. The van der Waals surface area contributed by atoms with E-state index in [-0.39, 0.29) is 36.2 Å². The minimum atomic E-state index is -1.06. The third-order valence-electron chi connectivity index (χ3n) is 7.98. The van der Waals surface area contributed by atoms with Crippen molar-refractivity contribution in [2.24, 2.45) is 23.7 Å². The van der Waals surface area contributed by atoms with Gasteiger partial charge in [-0.05, 0) is 38.0 Å². The monoisotopic (exact) mass is 451 g/mol. The fraction of sp³-hybridized carbons (Fsp3) is 0.875. The molecule has 3 N–H and O–H groups in total. The van der Waals surface area contributed by atoms with E-state index in [2.05, 4.69) is 17.6 Å². The molecule has 3 aliphatic heterocycles. The Balaban J connectivity index is 2.07. The van der Waals surface area contributed by atoms with E-state index < -0.39 is 35.1 Å². The lowest BCUT2D eigenvalue weighted by Gasteiger charge is -2.38. The molecule has 3 unspecified atom stereocenters. The number of amides is 3. The van der Waals surface area contributed by atoms with Crippen molar-refractivity contribution in [1.82, 2.24) is 15.5 Å². The second-order valence-electron chi connectivity index (χ2n) is 10.4. The summed E-state index contributed by atoms with van der Waals surface area (Å²) in [4.78, 5) is 42.3. The number of nitrogens with one attached hydrogen (secondary N) is 2. The summed E-state index contributed by atoms with van der Waals surface area (Å²) in [7, 11) is 0. The lowest BCUT2D eigenvalue weighted by molar-refractivity contribution is -0.152. The molecule has 0 aliphatic carbocycles. The summed E-state index contributed by atoms with van der Waals surface area (Å²) in [6, 6.07) is -1.38. The van der Waals surface area contributed by atoms with E-state index >= 15 is 0 Å². The molecule has 0 radical (unpaired) electrons. The van der Waals surface area contributed by atoms with E-state index in [0.29, 0.717) is 19.5 Å². The summed E-state index contributed by atoms with van der Waals surface area (Å²) >= 11 is 0. The molecule has 1 spiro atoms. The van der Waals surface area contributed by atoms with Gasteiger partial charge in [-0.25, -0.2) is 0 Å². The molecule has 8 heteroatoms. The third kappa shape index (κ3) is 3.63.